The summed E-state index contributed by atoms with van der Waals surface area (Å²) in [7, 11) is 0. The normalized spacial score (nSPS) is 10.3. The second kappa shape index (κ2) is 9.37. The predicted molar refractivity (Wildman–Crippen MR) is 109 cm³/mol. The molecule has 9 heteroatoms. The van der Waals surface area contributed by atoms with Crippen LogP contribution in [0.15, 0.2) is 64.2 Å². The van der Waals surface area contributed by atoms with Gasteiger partial charge in [0.25, 0.3) is 5.56 Å². The third kappa shape index (κ3) is 5.02. The van der Waals surface area contributed by atoms with Gasteiger partial charge in [-0.25, -0.2) is 14.4 Å². The van der Waals surface area contributed by atoms with Crippen molar-refractivity contribution in [1.82, 2.24) is 9.97 Å². The number of anilines is 2. The number of nitrogens with one attached hydrogen (secondary N) is 3. The number of esters is 2. The summed E-state index contributed by atoms with van der Waals surface area (Å²) in [6.07, 6.45) is 0. The van der Waals surface area contributed by atoms with Gasteiger partial charge in [-0.1, -0.05) is 30.3 Å². The fourth-order valence-electron chi connectivity index (χ4n) is 2.62. The molecule has 0 saturated carbocycles. The van der Waals surface area contributed by atoms with Crippen LogP contribution in [-0.2, 0) is 16.1 Å². The van der Waals surface area contributed by atoms with Gasteiger partial charge < -0.3 is 14.8 Å². The predicted octanol–water partition coefficient (Wildman–Crippen LogP) is 2.34. The molecule has 0 atom stereocenters. The molecule has 2 aromatic carbocycles. The zero-order valence-corrected chi connectivity index (χ0v) is 16.1. The Morgan fingerprint density at radius 2 is 1.60 bits per heavy atom. The van der Waals surface area contributed by atoms with Crippen LogP contribution in [0.3, 0.4) is 0 Å². The first kappa shape index (κ1) is 20.6. The summed E-state index contributed by atoms with van der Waals surface area (Å²) in [4.78, 5) is 52.6. The molecule has 0 bridgehead atoms. The van der Waals surface area contributed by atoms with Gasteiger partial charge in [-0.2, -0.15) is 0 Å². The van der Waals surface area contributed by atoms with E-state index in [1.807, 2.05) is 11.1 Å². The first-order chi connectivity index (χ1) is 14.5. The highest BCUT2D eigenvalue weighted by molar-refractivity contribution is 5.95. The van der Waals surface area contributed by atoms with Gasteiger partial charge in [-0.05, 0) is 36.8 Å². The lowest BCUT2D eigenvalue weighted by Crippen LogP contribution is -2.30. The molecule has 3 N–H and O–H groups in total. The monoisotopic (exact) mass is 409 g/mol. The quantitative estimate of drug-likeness (QED) is 0.511. The molecular weight excluding hydrogens is 390 g/mol. The van der Waals surface area contributed by atoms with Gasteiger partial charge in [0.2, 0.25) is 0 Å². The average molecular weight is 409 g/mol. The zero-order valence-electron chi connectivity index (χ0n) is 16.1. The number of hydrogen-bond donors (Lipinski definition) is 3. The molecule has 3 aromatic rings. The van der Waals surface area contributed by atoms with Crippen LogP contribution < -0.4 is 16.6 Å². The number of aromatic nitrogens is 2. The van der Waals surface area contributed by atoms with Crippen molar-refractivity contribution in [1.29, 1.82) is 0 Å². The van der Waals surface area contributed by atoms with Gasteiger partial charge in [0.1, 0.15) is 12.4 Å². The summed E-state index contributed by atoms with van der Waals surface area (Å²) >= 11 is 0. The molecule has 0 spiro atoms. The second-order valence-corrected chi connectivity index (χ2v) is 6.14. The minimum Gasteiger partial charge on any atom is -0.462 e. The summed E-state index contributed by atoms with van der Waals surface area (Å²) in [6.45, 7) is 1.92. The Kier molecular flexibility index (Phi) is 6.43. The number of H-pyrrole nitrogens is 2. The highest BCUT2D eigenvalue weighted by Gasteiger charge is 2.20. The number of rotatable bonds is 7. The number of hydrogen-bond acceptors (Lipinski definition) is 7. The van der Waals surface area contributed by atoms with Gasteiger partial charge in [-0.3, -0.25) is 14.8 Å². The minimum atomic E-state index is -0.901. The maximum atomic E-state index is 12.5. The lowest BCUT2D eigenvalue weighted by atomic mass is 10.2. The molecule has 1 aromatic heterocycles. The van der Waals surface area contributed by atoms with E-state index < -0.39 is 23.2 Å². The highest BCUT2D eigenvalue weighted by atomic mass is 16.5. The lowest BCUT2D eigenvalue weighted by molar-refractivity contribution is 0.0470. The molecule has 0 aliphatic carbocycles. The lowest BCUT2D eigenvalue weighted by Gasteiger charge is -2.11. The minimum absolute atomic E-state index is 0.0358. The van der Waals surface area contributed by atoms with E-state index in [4.69, 9.17) is 9.47 Å². The van der Waals surface area contributed by atoms with Crippen LogP contribution in [0.25, 0.3) is 0 Å². The number of aromatic amines is 2. The van der Waals surface area contributed by atoms with E-state index in [-0.39, 0.29) is 24.6 Å². The van der Waals surface area contributed by atoms with Crippen LogP contribution in [0.1, 0.15) is 33.2 Å². The van der Waals surface area contributed by atoms with E-state index in [0.29, 0.717) is 11.3 Å². The summed E-state index contributed by atoms with van der Waals surface area (Å²) in [5.41, 5.74) is -0.533. The molecule has 0 aliphatic rings. The molecule has 30 heavy (non-hydrogen) atoms. The Morgan fingerprint density at radius 1 is 0.900 bits per heavy atom. The molecule has 9 nitrogen and oxygen atoms in total. The van der Waals surface area contributed by atoms with Gasteiger partial charge in [0.05, 0.1) is 12.2 Å². The number of carbonyl (C=O) groups is 2. The standard InChI is InChI=1S/C21H19N3O6/c1-2-29-19(26)14-8-10-15(11-9-14)22-17-16(18(25)24-21(28)23-17)20(27)30-12-13-6-4-3-5-7-13/h3-11H,2,12H2,1H3,(H3,22,23,24,25,28). The molecule has 0 aliphatic heterocycles. The topological polar surface area (TPSA) is 130 Å². The Morgan fingerprint density at radius 3 is 2.27 bits per heavy atom. The zero-order chi connectivity index (χ0) is 21.5. The van der Waals surface area contributed by atoms with Gasteiger partial charge in [0.15, 0.2) is 5.56 Å². The summed E-state index contributed by atoms with van der Waals surface area (Å²) in [6, 6.07) is 15.1. The van der Waals surface area contributed by atoms with Crippen molar-refractivity contribution in [3.05, 3.63) is 92.1 Å². The smallest absolute Gasteiger partial charge is 0.347 e. The van der Waals surface area contributed by atoms with Crippen LogP contribution in [0.4, 0.5) is 11.5 Å². The SMILES string of the molecule is CCOC(=O)c1ccc(Nc2[nH]c(=O)[nH]c(=O)c2C(=O)OCc2ccccc2)cc1. The first-order valence-electron chi connectivity index (χ1n) is 9.09. The molecule has 0 saturated heterocycles. The number of benzene rings is 2. The van der Waals surface area contributed by atoms with Crippen molar-refractivity contribution < 1.29 is 19.1 Å². The van der Waals surface area contributed by atoms with Crippen LogP contribution in [0.5, 0.6) is 0 Å². The third-order valence-corrected chi connectivity index (χ3v) is 4.02. The highest BCUT2D eigenvalue weighted by Crippen LogP contribution is 2.18. The Balaban J connectivity index is 1.82. The number of carbonyl (C=O) groups excluding carboxylic acids is 2. The molecular formula is C21H19N3O6. The van der Waals surface area contributed by atoms with E-state index >= 15 is 0 Å². The van der Waals surface area contributed by atoms with Crippen molar-refractivity contribution in [3.63, 3.8) is 0 Å². The molecule has 0 fully saturated rings. The fraction of sp³-hybridized carbons (Fsp3) is 0.143. The molecule has 3 rings (SSSR count). The van der Waals surface area contributed by atoms with Crippen LogP contribution in [-0.4, -0.2) is 28.5 Å². The van der Waals surface area contributed by atoms with Gasteiger partial charge in [0, 0.05) is 5.69 Å². The summed E-state index contributed by atoms with van der Waals surface area (Å²) < 4.78 is 10.1. The summed E-state index contributed by atoms with van der Waals surface area (Å²) in [5, 5.41) is 2.80. The molecule has 1 heterocycles. The third-order valence-electron chi connectivity index (χ3n) is 4.02. The second-order valence-electron chi connectivity index (χ2n) is 6.14. The molecule has 0 radical (unpaired) electrons. The van der Waals surface area contributed by atoms with E-state index in [9.17, 15) is 19.2 Å². The van der Waals surface area contributed by atoms with E-state index in [1.54, 1.807) is 43.3 Å². The average Bonchev–Trinajstić information content (AvgIpc) is 2.73. The Bertz CT molecular complexity index is 1150. The van der Waals surface area contributed by atoms with Crippen molar-refractivity contribution in [2.45, 2.75) is 13.5 Å². The van der Waals surface area contributed by atoms with Crippen LogP contribution in [0.2, 0.25) is 0 Å². The Hall–Kier alpha value is -4.14. The Labute approximate surface area is 170 Å². The largest absolute Gasteiger partial charge is 0.462 e. The van der Waals surface area contributed by atoms with Gasteiger partial charge in [-0.15, -0.1) is 0 Å². The maximum Gasteiger partial charge on any atom is 0.347 e. The maximum absolute atomic E-state index is 12.5. The van der Waals surface area contributed by atoms with Crippen molar-refractivity contribution in [3.8, 4) is 0 Å². The van der Waals surface area contributed by atoms with Crippen molar-refractivity contribution in [2.24, 2.45) is 0 Å². The van der Waals surface area contributed by atoms with Crippen LogP contribution in [0, 0.1) is 0 Å². The van der Waals surface area contributed by atoms with E-state index in [2.05, 4.69) is 10.3 Å². The van der Waals surface area contributed by atoms with Crippen molar-refractivity contribution >= 4 is 23.4 Å². The fourth-order valence-corrected chi connectivity index (χ4v) is 2.62. The van der Waals surface area contributed by atoms with E-state index in [1.165, 1.54) is 12.1 Å². The first-order valence-corrected chi connectivity index (χ1v) is 9.09. The molecule has 0 amide bonds. The van der Waals surface area contributed by atoms with Crippen LogP contribution >= 0.6 is 0 Å². The molecule has 0 unspecified atom stereocenters. The van der Waals surface area contributed by atoms with E-state index in [0.717, 1.165) is 5.56 Å². The molecule has 154 valence electrons. The van der Waals surface area contributed by atoms with Crippen molar-refractivity contribution in [2.75, 3.05) is 11.9 Å². The van der Waals surface area contributed by atoms with Gasteiger partial charge >= 0.3 is 17.6 Å². The number of ether oxygens (including phenoxy) is 2. The summed E-state index contributed by atoms with van der Waals surface area (Å²) in [5.74, 6) is -1.49.